The Morgan fingerprint density at radius 3 is 1.89 bits per heavy atom. The summed E-state index contributed by atoms with van der Waals surface area (Å²) in [6.45, 7) is 19.8. The minimum absolute atomic E-state index is 0. The van der Waals surface area contributed by atoms with Gasteiger partial charge in [-0.3, -0.25) is 0 Å². The molecule has 0 saturated heterocycles. The summed E-state index contributed by atoms with van der Waals surface area (Å²) in [7, 11) is 0. The number of halogens is 2. The Kier molecular flexibility index (Phi) is 9.58. The average Bonchev–Trinajstić information content (AvgIpc) is 3.49. The van der Waals surface area contributed by atoms with Crippen LogP contribution in [0.5, 0.6) is 0 Å². The average molecular weight is 749 g/mol. The van der Waals surface area contributed by atoms with Crippen LogP contribution in [0.3, 0.4) is 0 Å². The smallest absolute Gasteiger partial charge is 1.00 e. The van der Waals surface area contributed by atoms with Crippen LogP contribution in [0.1, 0.15) is 148 Å². The van der Waals surface area contributed by atoms with Crippen molar-refractivity contribution in [2.75, 3.05) is 0 Å². The molecular weight excluding hydrogens is 691 g/mol. The molecule has 0 aliphatic heterocycles. The fraction of sp³-hybridized carbons (Fsp3) is 0.614. The molecule has 7 aliphatic carbocycles. The van der Waals surface area contributed by atoms with E-state index in [-0.39, 0.29) is 41.1 Å². The van der Waals surface area contributed by atoms with Crippen LogP contribution in [0.25, 0.3) is 11.1 Å². The second-order valence-electron chi connectivity index (χ2n) is 19.0. The van der Waals surface area contributed by atoms with E-state index in [1.54, 1.807) is 27.8 Å². The van der Waals surface area contributed by atoms with Crippen LogP contribution in [0, 0.1) is 28.6 Å². The van der Waals surface area contributed by atoms with Gasteiger partial charge in [-0.25, -0.2) is 0 Å². The monoisotopic (exact) mass is 746 g/mol. The van der Waals surface area contributed by atoms with E-state index in [0.29, 0.717) is 5.41 Å². The first kappa shape index (κ1) is 36.1. The quantitative estimate of drug-likeness (QED) is 0.341. The summed E-state index contributed by atoms with van der Waals surface area (Å²) in [4.78, 5) is 0. The molecular formula is C44H58Cl2Zr. The molecule has 3 heteroatoms. The molecule has 7 aliphatic rings. The van der Waals surface area contributed by atoms with Gasteiger partial charge in [0.15, 0.2) is 0 Å². The molecule has 1 atom stereocenters. The number of hydrogen-bond donors (Lipinski definition) is 0. The zero-order chi connectivity index (χ0) is 31.5. The van der Waals surface area contributed by atoms with E-state index in [1.807, 2.05) is 9.76 Å². The van der Waals surface area contributed by atoms with E-state index in [9.17, 15) is 0 Å². The van der Waals surface area contributed by atoms with Crippen molar-refractivity contribution in [3.8, 4) is 11.1 Å². The summed E-state index contributed by atoms with van der Waals surface area (Å²) in [5.74, 6) is 3.02. The second kappa shape index (κ2) is 12.5. The third kappa shape index (κ3) is 5.95. The van der Waals surface area contributed by atoms with Crippen molar-refractivity contribution in [2.24, 2.45) is 28.6 Å². The molecule has 9 rings (SSSR count). The molecule has 0 N–H and O–H groups in total. The number of fused-ring (bicyclic) bond motifs is 3. The van der Waals surface area contributed by atoms with E-state index in [2.05, 4.69) is 97.9 Å². The summed E-state index contributed by atoms with van der Waals surface area (Å²) >= 11 is -2.47. The van der Waals surface area contributed by atoms with Crippen LogP contribution in [-0.4, -0.2) is 3.21 Å². The third-order valence-corrected chi connectivity index (χ3v) is 21.9. The molecule has 2 aromatic carbocycles. The fourth-order valence-corrected chi connectivity index (χ4v) is 21.6. The molecule has 2 aromatic rings. The molecule has 0 aromatic heterocycles. The van der Waals surface area contributed by atoms with Crippen molar-refractivity contribution in [3.63, 3.8) is 0 Å². The Balaban J connectivity index is 0.00000193. The van der Waals surface area contributed by atoms with Crippen LogP contribution < -0.4 is 28.1 Å². The first-order valence-corrected chi connectivity index (χ1v) is 22.4. The molecule has 5 fully saturated rings. The number of allylic oxidation sites excluding steroid dienone is 4. The summed E-state index contributed by atoms with van der Waals surface area (Å²) in [6.07, 6.45) is 23.1. The van der Waals surface area contributed by atoms with Gasteiger partial charge in [-0.1, -0.05) is 0 Å². The molecule has 0 spiro atoms. The van der Waals surface area contributed by atoms with Gasteiger partial charge in [0.05, 0.1) is 0 Å². The first-order valence-electron chi connectivity index (χ1n) is 18.7. The van der Waals surface area contributed by atoms with Crippen LogP contribution in [0.4, 0.5) is 0 Å². The Morgan fingerprint density at radius 1 is 0.723 bits per heavy atom. The molecule has 252 valence electrons. The molecule has 4 bridgehead atoms. The fourth-order valence-electron chi connectivity index (χ4n) is 11.7. The predicted octanol–water partition coefficient (Wildman–Crippen LogP) is 5.31. The van der Waals surface area contributed by atoms with Crippen molar-refractivity contribution < 1.29 is 46.1 Å². The van der Waals surface area contributed by atoms with Crippen molar-refractivity contribution in [1.82, 2.24) is 0 Å². The van der Waals surface area contributed by atoms with Crippen molar-refractivity contribution in [3.05, 3.63) is 73.6 Å². The van der Waals surface area contributed by atoms with E-state index in [1.165, 1.54) is 81.8 Å². The van der Waals surface area contributed by atoms with Crippen molar-refractivity contribution in [2.45, 2.75) is 143 Å². The Morgan fingerprint density at radius 2 is 1.32 bits per heavy atom. The SMILES string of the molecule is CC1=CC(C)(C23CC4CC(CC(C4)C2)C3)C=[C]1[Zr+2](=[C]1CCCCC1)[c]1c(C(C)(C)C)ccc2c1Cc1cc(C(C)(C)C)ccc1-2.[Cl-].[Cl-]. The molecule has 1 unspecified atom stereocenters. The molecule has 0 amide bonds. The standard InChI is InChI=1S/C21H25.C17H23.C6H10.2ClH.Zr/c1-20(2,3)16-7-9-18-14(12-16)11-15-13-17(21(4,5)6)8-10-19(15)18;1-12-3-4-16(2,8-12)17-9-13-5-14(10-17)7-15(6-13)11-17;1-2-4-6-5-3-1;;;/h7-10,12H,11H2,1-6H3;4,8,13-15H,5-7,9-11H2,1-2H3;1-5H2;2*1H;/q;;;;;+2/p-2. The van der Waals surface area contributed by atoms with Crippen LogP contribution in [-0.2, 0) is 38.5 Å². The molecule has 5 saturated carbocycles. The third-order valence-electron chi connectivity index (χ3n) is 13.6. The summed E-state index contributed by atoms with van der Waals surface area (Å²) in [5.41, 5.74) is 12.3. The van der Waals surface area contributed by atoms with Gasteiger partial charge in [-0.05, 0) is 0 Å². The van der Waals surface area contributed by atoms with E-state index >= 15 is 0 Å². The van der Waals surface area contributed by atoms with E-state index < -0.39 is 21.3 Å². The van der Waals surface area contributed by atoms with E-state index in [0.717, 1.165) is 24.2 Å². The van der Waals surface area contributed by atoms with Gasteiger partial charge in [0.1, 0.15) is 0 Å². The maximum atomic E-state index is 2.98. The summed E-state index contributed by atoms with van der Waals surface area (Å²) in [6, 6.07) is 12.6. The van der Waals surface area contributed by atoms with Gasteiger partial charge in [-0.2, -0.15) is 0 Å². The zero-order valence-electron chi connectivity index (χ0n) is 30.5. The normalized spacial score (nSPS) is 30.4. The number of benzene rings is 2. The molecule has 0 nitrogen and oxygen atoms in total. The van der Waals surface area contributed by atoms with E-state index in [4.69, 9.17) is 0 Å². The van der Waals surface area contributed by atoms with Gasteiger partial charge in [0.25, 0.3) is 0 Å². The summed E-state index contributed by atoms with van der Waals surface area (Å²) in [5, 5.41) is 0. The van der Waals surface area contributed by atoms with Crippen LogP contribution >= 0.6 is 0 Å². The minimum Gasteiger partial charge on any atom is -1.00 e. The Hall–Kier alpha value is -0.747. The molecule has 0 radical (unpaired) electrons. The van der Waals surface area contributed by atoms with Gasteiger partial charge in [0, 0.05) is 0 Å². The molecule has 0 heterocycles. The van der Waals surface area contributed by atoms with Gasteiger partial charge >= 0.3 is 284 Å². The van der Waals surface area contributed by atoms with Gasteiger partial charge in [-0.15, -0.1) is 0 Å². The first-order chi connectivity index (χ1) is 21.2. The Bertz CT molecular complexity index is 1630. The maximum Gasteiger partial charge on any atom is -1.00 e. The minimum atomic E-state index is -2.47. The topological polar surface area (TPSA) is 0 Å². The van der Waals surface area contributed by atoms with Crippen molar-refractivity contribution >= 4 is 6.48 Å². The van der Waals surface area contributed by atoms with Gasteiger partial charge in [0.2, 0.25) is 0 Å². The summed E-state index contributed by atoms with van der Waals surface area (Å²) < 4.78 is 5.81. The Labute approximate surface area is 307 Å². The van der Waals surface area contributed by atoms with Crippen LogP contribution in [0.15, 0.2) is 51.3 Å². The number of hydrogen-bond acceptors (Lipinski definition) is 0. The van der Waals surface area contributed by atoms with Crippen LogP contribution in [0.2, 0.25) is 0 Å². The molecule has 47 heavy (non-hydrogen) atoms. The second-order valence-corrected chi connectivity index (χ2v) is 25.1. The zero-order valence-corrected chi connectivity index (χ0v) is 34.5. The maximum absolute atomic E-state index is 2.98. The van der Waals surface area contributed by atoms with Gasteiger partial charge < -0.3 is 24.8 Å². The van der Waals surface area contributed by atoms with Crippen molar-refractivity contribution in [1.29, 1.82) is 0 Å². The predicted molar refractivity (Wildman–Crippen MR) is 190 cm³/mol. The number of rotatable bonds is 3. The largest absolute Gasteiger partial charge is 1.00 e.